The van der Waals surface area contributed by atoms with Crippen molar-refractivity contribution >= 4 is 5.95 Å². The van der Waals surface area contributed by atoms with Crippen molar-refractivity contribution in [3.8, 4) is 6.07 Å². The maximum Gasteiger partial charge on any atom is 0.223 e. The molecule has 0 unspecified atom stereocenters. The monoisotopic (exact) mass is 242 g/mol. The van der Waals surface area contributed by atoms with Gasteiger partial charge in [-0.3, -0.25) is 0 Å². The number of hydrogen-bond acceptors (Lipinski definition) is 4. The molecule has 0 atom stereocenters. The van der Waals surface area contributed by atoms with Crippen LogP contribution >= 0.6 is 0 Å². The molecule has 0 fully saturated rings. The first kappa shape index (κ1) is 12.0. The van der Waals surface area contributed by atoms with E-state index in [0.29, 0.717) is 30.2 Å². The molecule has 1 aromatic carbocycles. The highest BCUT2D eigenvalue weighted by Crippen LogP contribution is 2.07. The molecule has 1 N–H and O–H groups in total. The van der Waals surface area contributed by atoms with E-state index in [0.717, 1.165) is 0 Å². The van der Waals surface area contributed by atoms with Crippen LogP contribution in [0.15, 0.2) is 36.5 Å². The number of aromatic nitrogens is 2. The summed E-state index contributed by atoms with van der Waals surface area (Å²) in [6, 6.07) is 10.1. The zero-order valence-electron chi connectivity index (χ0n) is 9.60. The van der Waals surface area contributed by atoms with Crippen LogP contribution in [0, 0.1) is 17.1 Å². The lowest BCUT2D eigenvalue weighted by Crippen LogP contribution is -2.09. The van der Waals surface area contributed by atoms with Gasteiger partial charge in [0.1, 0.15) is 17.6 Å². The number of rotatable bonds is 4. The molecule has 0 amide bonds. The molecular weight excluding hydrogens is 231 g/mol. The van der Waals surface area contributed by atoms with Crippen molar-refractivity contribution in [1.82, 2.24) is 9.97 Å². The third-order valence-electron chi connectivity index (χ3n) is 2.41. The first-order valence-corrected chi connectivity index (χ1v) is 5.50. The fraction of sp³-hybridized carbons (Fsp3) is 0.154. The highest BCUT2D eigenvalue weighted by atomic mass is 19.1. The Kier molecular flexibility index (Phi) is 3.82. The zero-order valence-corrected chi connectivity index (χ0v) is 9.60. The van der Waals surface area contributed by atoms with Crippen LogP contribution < -0.4 is 5.32 Å². The van der Waals surface area contributed by atoms with Crippen LogP contribution in [0.5, 0.6) is 0 Å². The number of nitrogens with zero attached hydrogens (tertiary/aromatic N) is 3. The maximum absolute atomic E-state index is 13.3. The number of nitrogens with one attached hydrogen (secondary N) is 1. The van der Waals surface area contributed by atoms with Gasteiger partial charge in [0, 0.05) is 12.7 Å². The minimum Gasteiger partial charge on any atom is -0.354 e. The van der Waals surface area contributed by atoms with E-state index in [2.05, 4.69) is 15.3 Å². The minimum atomic E-state index is -0.217. The fourth-order valence-corrected chi connectivity index (χ4v) is 1.52. The van der Waals surface area contributed by atoms with Gasteiger partial charge in [-0.15, -0.1) is 0 Å². The average Bonchev–Trinajstić information content (AvgIpc) is 2.41. The van der Waals surface area contributed by atoms with Crippen LogP contribution in [0.25, 0.3) is 0 Å². The highest BCUT2D eigenvalue weighted by molar-refractivity contribution is 5.30. The lowest BCUT2D eigenvalue weighted by atomic mass is 10.1. The third kappa shape index (κ3) is 3.01. The topological polar surface area (TPSA) is 61.6 Å². The Hall–Kier alpha value is -2.48. The number of hydrogen-bond donors (Lipinski definition) is 1. The predicted molar refractivity (Wildman–Crippen MR) is 65.3 cm³/mol. The molecule has 1 heterocycles. The van der Waals surface area contributed by atoms with Gasteiger partial charge < -0.3 is 5.32 Å². The molecule has 18 heavy (non-hydrogen) atoms. The molecule has 0 saturated carbocycles. The summed E-state index contributed by atoms with van der Waals surface area (Å²) >= 11 is 0. The van der Waals surface area contributed by atoms with Crippen molar-refractivity contribution in [3.05, 3.63) is 53.6 Å². The van der Waals surface area contributed by atoms with Gasteiger partial charge in [-0.25, -0.2) is 14.4 Å². The normalized spacial score (nSPS) is 9.78. The largest absolute Gasteiger partial charge is 0.354 e. The summed E-state index contributed by atoms with van der Waals surface area (Å²) in [5.74, 6) is 0.163. The predicted octanol–water partition coefficient (Wildman–Crippen LogP) is 2.14. The van der Waals surface area contributed by atoms with E-state index in [1.54, 1.807) is 18.2 Å². The van der Waals surface area contributed by atoms with Crippen molar-refractivity contribution in [3.63, 3.8) is 0 Å². The molecule has 0 aliphatic carbocycles. The summed E-state index contributed by atoms with van der Waals surface area (Å²) in [7, 11) is 0. The Morgan fingerprint density at radius 3 is 2.89 bits per heavy atom. The van der Waals surface area contributed by atoms with Gasteiger partial charge in [0.25, 0.3) is 0 Å². The molecule has 5 heteroatoms. The number of nitriles is 1. The summed E-state index contributed by atoms with van der Waals surface area (Å²) in [6.07, 6.45) is 2.05. The fourth-order valence-electron chi connectivity index (χ4n) is 1.52. The summed E-state index contributed by atoms with van der Waals surface area (Å²) < 4.78 is 13.3. The molecule has 0 aliphatic rings. The second-order valence-electron chi connectivity index (χ2n) is 3.65. The average molecular weight is 242 g/mol. The van der Waals surface area contributed by atoms with Crippen LogP contribution in [-0.2, 0) is 6.42 Å². The summed E-state index contributed by atoms with van der Waals surface area (Å²) in [5.41, 5.74) is 0.944. The molecule has 4 nitrogen and oxygen atoms in total. The molecular formula is C13H11FN4. The first-order chi connectivity index (χ1) is 8.79. The van der Waals surface area contributed by atoms with Gasteiger partial charge >= 0.3 is 0 Å². The molecule has 0 radical (unpaired) electrons. The van der Waals surface area contributed by atoms with Crippen molar-refractivity contribution in [1.29, 1.82) is 5.26 Å². The maximum atomic E-state index is 13.3. The van der Waals surface area contributed by atoms with Gasteiger partial charge in [0.2, 0.25) is 5.95 Å². The molecule has 0 aliphatic heterocycles. The Morgan fingerprint density at radius 1 is 1.28 bits per heavy atom. The van der Waals surface area contributed by atoms with Crippen LogP contribution in [0.2, 0.25) is 0 Å². The van der Waals surface area contributed by atoms with Gasteiger partial charge in [0.15, 0.2) is 0 Å². The molecule has 1 aromatic heterocycles. The smallest absolute Gasteiger partial charge is 0.223 e. The molecule has 0 spiro atoms. The third-order valence-corrected chi connectivity index (χ3v) is 2.41. The molecule has 2 rings (SSSR count). The first-order valence-electron chi connectivity index (χ1n) is 5.50. The zero-order chi connectivity index (χ0) is 12.8. The van der Waals surface area contributed by atoms with Gasteiger partial charge in [-0.05, 0) is 24.1 Å². The summed E-state index contributed by atoms with van der Waals surface area (Å²) in [5, 5.41) is 11.6. The number of halogens is 1. The quantitative estimate of drug-likeness (QED) is 0.892. The Bertz CT molecular complexity index is 577. The standard InChI is InChI=1S/C13H11FN4/c14-12-4-2-1-3-10(12)5-7-16-13-17-8-6-11(9-15)18-13/h1-4,6,8H,5,7H2,(H,16,17,18). The van der Waals surface area contributed by atoms with E-state index in [4.69, 9.17) is 5.26 Å². The Labute approximate surface area is 104 Å². The van der Waals surface area contributed by atoms with E-state index < -0.39 is 0 Å². The summed E-state index contributed by atoms with van der Waals surface area (Å²) in [4.78, 5) is 7.94. The lowest BCUT2D eigenvalue weighted by Gasteiger charge is -2.05. The van der Waals surface area contributed by atoms with Crippen molar-refractivity contribution in [2.75, 3.05) is 11.9 Å². The SMILES string of the molecule is N#Cc1ccnc(NCCc2ccccc2F)n1. The van der Waals surface area contributed by atoms with E-state index in [1.165, 1.54) is 18.3 Å². The second kappa shape index (κ2) is 5.73. The number of benzene rings is 1. The summed E-state index contributed by atoms with van der Waals surface area (Å²) in [6.45, 7) is 0.510. The van der Waals surface area contributed by atoms with Crippen molar-refractivity contribution in [2.24, 2.45) is 0 Å². The van der Waals surface area contributed by atoms with Crippen LogP contribution in [0.1, 0.15) is 11.3 Å². The van der Waals surface area contributed by atoms with Gasteiger partial charge in [0.05, 0.1) is 0 Å². The Morgan fingerprint density at radius 2 is 2.11 bits per heavy atom. The lowest BCUT2D eigenvalue weighted by molar-refractivity contribution is 0.610. The molecule has 2 aromatic rings. The van der Waals surface area contributed by atoms with E-state index in [-0.39, 0.29) is 5.82 Å². The molecule has 0 bridgehead atoms. The minimum absolute atomic E-state index is 0.217. The van der Waals surface area contributed by atoms with E-state index >= 15 is 0 Å². The highest BCUT2D eigenvalue weighted by Gasteiger charge is 2.01. The number of anilines is 1. The van der Waals surface area contributed by atoms with E-state index in [9.17, 15) is 4.39 Å². The van der Waals surface area contributed by atoms with Crippen molar-refractivity contribution in [2.45, 2.75) is 6.42 Å². The second-order valence-corrected chi connectivity index (χ2v) is 3.65. The molecule has 0 saturated heterocycles. The van der Waals surface area contributed by atoms with Gasteiger partial charge in [-0.2, -0.15) is 5.26 Å². The molecule has 90 valence electrons. The van der Waals surface area contributed by atoms with Crippen LogP contribution in [-0.4, -0.2) is 16.5 Å². The van der Waals surface area contributed by atoms with E-state index in [1.807, 2.05) is 6.07 Å². The van der Waals surface area contributed by atoms with Crippen LogP contribution in [0.4, 0.5) is 10.3 Å². The van der Waals surface area contributed by atoms with Gasteiger partial charge in [-0.1, -0.05) is 18.2 Å². The van der Waals surface area contributed by atoms with Crippen LogP contribution in [0.3, 0.4) is 0 Å². The van der Waals surface area contributed by atoms with Crippen molar-refractivity contribution < 1.29 is 4.39 Å². The Balaban J connectivity index is 1.93.